The van der Waals surface area contributed by atoms with Gasteiger partial charge in [0.1, 0.15) is 0 Å². The maximum Gasteiger partial charge on any atom is 0.248 e. The lowest BCUT2D eigenvalue weighted by molar-refractivity contribution is 0.100. The second kappa shape index (κ2) is 5.84. The highest BCUT2D eigenvalue weighted by molar-refractivity contribution is 5.94. The van der Waals surface area contributed by atoms with E-state index in [1.165, 1.54) is 19.2 Å². The molecule has 0 atom stereocenters. The average molecular weight is 283 g/mol. The largest absolute Gasteiger partial charge is 0.493 e. The van der Waals surface area contributed by atoms with Crippen molar-refractivity contribution in [1.29, 1.82) is 5.26 Å². The maximum absolute atomic E-state index is 11.1. The maximum atomic E-state index is 11.1. The summed E-state index contributed by atoms with van der Waals surface area (Å²) in [5.74, 6) is 0.620. The first kappa shape index (κ1) is 14.2. The van der Waals surface area contributed by atoms with Crippen molar-refractivity contribution < 1.29 is 14.3 Å². The van der Waals surface area contributed by atoms with Gasteiger partial charge in [-0.1, -0.05) is 0 Å². The van der Waals surface area contributed by atoms with E-state index < -0.39 is 5.91 Å². The Morgan fingerprint density at radius 2 is 1.86 bits per heavy atom. The van der Waals surface area contributed by atoms with Crippen LogP contribution in [-0.4, -0.2) is 13.0 Å². The Bertz CT molecular complexity index is 735. The summed E-state index contributed by atoms with van der Waals surface area (Å²) in [5, 5.41) is 8.85. The van der Waals surface area contributed by atoms with Gasteiger partial charge in [-0.25, -0.2) is 0 Å². The lowest BCUT2D eigenvalue weighted by atomic mass is 10.2. The fraction of sp³-hybridized carbons (Fsp3) is 0.0667. The van der Waals surface area contributed by atoms with Crippen molar-refractivity contribution in [2.45, 2.75) is 0 Å². The molecule has 1 amide bonds. The number of nitrogens with zero attached hydrogens (tertiary/aromatic N) is 1. The van der Waals surface area contributed by atoms with Crippen molar-refractivity contribution in [2.24, 2.45) is 5.73 Å². The van der Waals surface area contributed by atoms with Gasteiger partial charge in [0.25, 0.3) is 0 Å². The van der Waals surface area contributed by atoms with Crippen molar-refractivity contribution >= 4 is 11.6 Å². The molecule has 21 heavy (non-hydrogen) atoms. The van der Waals surface area contributed by atoms with Gasteiger partial charge >= 0.3 is 0 Å². The molecule has 0 aliphatic carbocycles. The van der Waals surface area contributed by atoms with Crippen molar-refractivity contribution in [3.8, 4) is 23.3 Å². The Labute approximate surface area is 121 Å². The number of benzene rings is 2. The fourth-order valence-electron chi connectivity index (χ4n) is 1.73. The van der Waals surface area contributed by atoms with Gasteiger partial charge < -0.3 is 20.9 Å². The number of carbonyl (C=O) groups is 1. The van der Waals surface area contributed by atoms with Crippen molar-refractivity contribution in [2.75, 3.05) is 12.8 Å². The van der Waals surface area contributed by atoms with Gasteiger partial charge in [-0.15, -0.1) is 0 Å². The van der Waals surface area contributed by atoms with Crippen molar-refractivity contribution in [3.63, 3.8) is 0 Å². The molecule has 0 bridgehead atoms. The number of hydrogen-bond donors (Lipinski definition) is 2. The van der Waals surface area contributed by atoms with Gasteiger partial charge in [0, 0.05) is 11.6 Å². The summed E-state index contributed by atoms with van der Waals surface area (Å²) < 4.78 is 10.8. The molecule has 0 saturated carbocycles. The topological polar surface area (TPSA) is 111 Å². The molecule has 0 saturated heterocycles. The number of anilines is 1. The van der Waals surface area contributed by atoms with E-state index >= 15 is 0 Å². The van der Waals surface area contributed by atoms with E-state index in [-0.39, 0.29) is 5.69 Å². The quantitative estimate of drug-likeness (QED) is 0.834. The summed E-state index contributed by atoms with van der Waals surface area (Å²) in [6.45, 7) is 0. The van der Waals surface area contributed by atoms with Crippen LogP contribution in [0.5, 0.6) is 17.2 Å². The number of hydrogen-bond acceptors (Lipinski definition) is 5. The summed E-state index contributed by atoms with van der Waals surface area (Å²) in [4.78, 5) is 11.1. The standard InChI is InChI=1S/C15H13N3O3/c1-20-14-6-9(8-16)2-4-13(14)21-12-5-3-10(15(18)19)7-11(12)17/h2-7H,17H2,1H3,(H2,18,19). The van der Waals surface area contributed by atoms with E-state index in [1.54, 1.807) is 24.3 Å². The summed E-state index contributed by atoms with van der Waals surface area (Å²) in [6.07, 6.45) is 0. The number of methoxy groups -OCH3 is 1. The summed E-state index contributed by atoms with van der Waals surface area (Å²) >= 11 is 0. The summed E-state index contributed by atoms with van der Waals surface area (Å²) in [5.41, 5.74) is 12.0. The zero-order chi connectivity index (χ0) is 15.4. The molecule has 0 aliphatic heterocycles. The van der Waals surface area contributed by atoms with Gasteiger partial charge in [0.05, 0.1) is 24.4 Å². The van der Waals surface area contributed by atoms with Crippen molar-refractivity contribution in [1.82, 2.24) is 0 Å². The Morgan fingerprint density at radius 3 is 2.43 bits per heavy atom. The van der Waals surface area contributed by atoms with E-state index in [9.17, 15) is 4.79 Å². The number of carbonyl (C=O) groups excluding carboxylic acids is 1. The first-order chi connectivity index (χ1) is 10.0. The van der Waals surface area contributed by atoms with Gasteiger partial charge in [0.2, 0.25) is 5.91 Å². The van der Waals surface area contributed by atoms with E-state index in [0.717, 1.165) is 0 Å². The second-order valence-electron chi connectivity index (χ2n) is 4.20. The van der Waals surface area contributed by atoms with E-state index in [0.29, 0.717) is 28.4 Å². The molecule has 4 N–H and O–H groups in total. The van der Waals surface area contributed by atoms with Crippen LogP contribution in [0, 0.1) is 11.3 Å². The molecule has 0 unspecified atom stereocenters. The zero-order valence-corrected chi connectivity index (χ0v) is 11.3. The van der Waals surface area contributed by atoms with Crippen LogP contribution >= 0.6 is 0 Å². The van der Waals surface area contributed by atoms with Crippen LogP contribution in [0.25, 0.3) is 0 Å². The number of nitrogens with two attached hydrogens (primary N) is 2. The van der Waals surface area contributed by atoms with Gasteiger partial charge in [0.15, 0.2) is 17.2 Å². The molecule has 0 fully saturated rings. The summed E-state index contributed by atoms with van der Waals surface area (Å²) in [6, 6.07) is 11.3. The third-order valence-electron chi connectivity index (χ3n) is 2.81. The number of ether oxygens (including phenoxy) is 2. The van der Waals surface area contributed by atoms with Gasteiger partial charge in [-0.2, -0.15) is 5.26 Å². The first-order valence-corrected chi connectivity index (χ1v) is 6.00. The van der Waals surface area contributed by atoms with Crippen LogP contribution < -0.4 is 20.9 Å². The fourth-order valence-corrected chi connectivity index (χ4v) is 1.73. The molecule has 6 heteroatoms. The Balaban J connectivity index is 2.34. The van der Waals surface area contributed by atoms with Gasteiger partial charge in [-0.3, -0.25) is 4.79 Å². The molecule has 0 aliphatic rings. The highest BCUT2D eigenvalue weighted by Gasteiger charge is 2.10. The highest BCUT2D eigenvalue weighted by atomic mass is 16.5. The van der Waals surface area contributed by atoms with Gasteiger partial charge in [-0.05, 0) is 30.3 Å². The minimum absolute atomic E-state index is 0.276. The normalized spacial score (nSPS) is 9.71. The predicted molar refractivity (Wildman–Crippen MR) is 77.2 cm³/mol. The minimum Gasteiger partial charge on any atom is -0.493 e. The van der Waals surface area contributed by atoms with Crippen LogP contribution in [0.2, 0.25) is 0 Å². The number of nitrogen functional groups attached to an aromatic ring is 1. The van der Waals surface area contributed by atoms with E-state index in [2.05, 4.69) is 0 Å². The molecule has 0 spiro atoms. The Kier molecular flexibility index (Phi) is 3.95. The third-order valence-corrected chi connectivity index (χ3v) is 2.81. The van der Waals surface area contributed by atoms with Crippen molar-refractivity contribution in [3.05, 3.63) is 47.5 Å². The number of primary amides is 1. The first-order valence-electron chi connectivity index (χ1n) is 6.00. The minimum atomic E-state index is -0.566. The van der Waals surface area contributed by atoms with Crippen LogP contribution in [0.3, 0.4) is 0 Å². The number of nitriles is 1. The molecule has 2 aromatic rings. The van der Waals surface area contributed by atoms with E-state index in [1.807, 2.05) is 6.07 Å². The molecule has 6 nitrogen and oxygen atoms in total. The lowest BCUT2D eigenvalue weighted by Crippen LogP contribution is -2.11. The Hall–Kier alpha value is -3.20. The van der Waals surface area contributed by atoms with Crippen LogP contribution in [-0.2, 0) is 0 Å². The molecule has 106 valence electrons. The average Bonchev–Trinajstić information content (AvgIpc) is 2.49. The van der Waals surface area contributed by atoms with Crippen LogP contribution in [0.1, 0.15) is 15.9 Å². The SMILES string of the molecule is COc1cc(C#N)ccc1Oc1ccc(C(N)=O)cc1N. The Morgan fingerprint density at radius 1 is 1.14 bits per heavy atom. The third kappa shape index (κ3) is 3.04. The second-order valence-corrected chi connectivity index (χ2v) is 4.20. The zero-order valence-electron chi connectivity index (χ0n) is 11.3. The van der Waals surface area contributed by atoms with Crippen LogP contribution in [0.15, 0.2) is 36.4 Å². The van der Waals surface area contributed by atoms with Crippen LogP contribution in [0.4, 0.5) is 5.69 Å². The smallest absolute Gasteiger partial charge is 0.248 e. The highest BCUT2D eigenvalue weighted by Crippen LogP contribution is 2.34. The monoisotopic (exact) mass is 283 g/mol. The molecular weight excluding hydrogens is 270 g/mol. The molecule has 0 radical (unpaired) electrons. The molecule has 2 rings (SSSR count). The number of rotatable bonds is 4. The molecule has 0 aromatic heterocycles. The summed E-state index contributed by atoms with van der Waals surface area (Å²) in [7, 11) is 1.48. The number of amides is 1. The molecular formula is C15H13N3O3. The molecule has 0 heterocycles. The lowest BCUT2D eigenvalue weighted by Gasteiger charge is -2.12. The molecule has 2 aromatic carbocycles. The van der Waals surface area contributed by atoms with E-state index in [4.69, 9.17) is 26.2 Å². The predicted octanol–water partition coefficient (Wildman–Crippen LogP) is 2.04.